The fourth-order valence-electron chi connectivity index (χ4n) is 8.99. The van der Waals surface area contributed by atoms with Gasteiger partial charge in [0.15, 0.2) is 0 Å². The third-order valence-corrected chi connectivity index (χ3v) is 11.7. The lowest BCUT2D eigenvalue weighted by Gasteiger charge is -2.28. The molecule has 0 atom stereocenters. The van der Waals surface area contributed by atoms with Crippen LogP contribution in [0.3, 0.4) is 0 Å². The third-order valence-electron chi connectivity index (χ3n) is 11.7. The summed E-state index contributed by atoms with van der Waals surface area (Å²) in [6, 6.07) is 88.1. The second-order valence-electron chi connectivity index (χ2n) is 15.3. The Morgan fingerprint density at radius 2 is 0.517 bits per heavy atom. The Balaban J connectivity index is 1.20. The van der Waals surface area contributed by atoms with Gasteiger partial charge < -0.3 is 9.80 Å². The highest BCUT2D eigenvalue weighted by atomic mass is 15.1. The van der Waals surface area contributed by atoms with Crippen molar-refractivity contribution in [3.8, 4) is 22.3 Å². The van der Waals surface area contributed by atoms with Crippen LogP contribution in [-0.2, 0) is 0 Å². The molecule has 0 spiro atoms. The molecule has 2 heteroatoms. The van der Waals surface area contributed by atoms with E-state index in [4.69, 9.17) is 0 Å². The van der Waals surface area contributed by atoms with E-state index >= 15 is 0 Å². The minimum atomic E-state index is 1.10. The van der Waals surface area contributed by atoms with E-state index in [0.717, 1.165) is 34.1 Å². The maximum atomic E-state index is 2.41. The van der Waals surface area contributed by atoms with E-state index in [9.17, 15) is 0 Å². The summed E-state index contributed by atoms with van der Waals surface area (Å²) in [7, 11) is 0. The summed E-state index contributed by atoms with van der Waals surface area (Å²) in [6.07, 6.45) is 0. The number of fused-ring (bicyclic) bond motifs is 4. The summed E-state index contributed by atoms with van der Waals surface area (Å²) in [5.74, 6) is 0. The van der Waals surface area contributed by atoms with Crippen LogP contribution in [0.1, 0.15) is 0 Å². The van der Waals surface area contributed by atoms with Gasteiger partial charge in [-0.05, 0) is 138 Å². The van der Waals surface area contributed by atoms with Crippen LogP contribution in [-0.4, -0.2) is 0 Å². The molecule has 0 unspecified atom stereocenters. The zero-order valence-corrected chi connectivity index (χ0v) is 33.0. The first-order chi connectivity index (χ1) is 29.8. The van der Waals surface area contributed by atoms with Crippen LogP contribution in [0.15, 0.2) is 243 Å². The van der Waals surface area contributed by atoms with Crippen molar-refractivity contribution in [3.63, 3.8) is 0 Å². The predicted octanol–water partition coefficient (Wildman–Crippen LogP) is 16.6. The molecule has 0 bridgehead atoms. The molecule has 2 nitrogen and oxygen atoms in total. The van der Waals surface area contributed by atoms with Crippen molar-refractivity contribution in [1.82, 2.24) is 0 Å². The topological polar surface area (TPSA) is 6.48 Å². The van der Waals surface area contributed by atoms with Crippen LogP contribution in [0.4, 0.5) is 34.1 Å². The minimum absolute atomic E-state index is 1.10. The van der Waals surface area contributed by atoms with Gasteiger partial charge in [-0.2, -0.15) is 0 Å². The van der Waals surface area contributed by atoms with E-state index in [1.54, 1.807) is 0 Å². The van der Waals surface area contributed by atoms with Crippen molar-refractivity contribution in [1.29, 1.82) is 0 Å². The highest BCUT2D eigenvalue weighted by Crippen LogP contribution is 2.48. The molecule has 11 aromatic carbocycles. The lowest BCUT2D eigenvalue weighted by molar-refractivity contribution is 1.29. The molecule has 0 saturated carbocycles. The van der Waals surface area contributed by atoms with E-state index in [-0.39, 0.29) is 0 Å². The smallest absolute Gasteiger partial charge is 0.0468 e. The Hall–Kier alpha value is -7.94. The third kappa shape index (κ3) is 6.32. The quantitative estimate of drug-likeness (QED) is 0.142. The van der Waals surface area contributed by atoms with Gasteiger partial charge in [-0.1, -0.05) is 170 Å². The van der Waals surface area contributed by atoms with Crippen LogP contribution in [0.5, 0.6) is 0 Å². The van der Waals surface area contributed by atoms with Crippen molar-refractivity contribution in [2.45, 2.75) is 0 Å². The average Bonchev–Trinajstić information content (AvgIpc) is 3.32. The van der Waals surface area contributed by atoms with Crippen LogP contribution in [0.25, 0.3) is 65.3 Å². The Morgan fingerprint density at radius 3 is 0.917 bits per heavy atom. The summed E-state index contributed by atoms with van der Waals surface area (Å²) in [5, 5.41) is 9.69. The van der Waals surface area contributed by atoms with Gasteiger partial charge >= 0.3 is 0 Å². The molecule has 11 rings (SSSR count). The summed E-state index contributed by atoms with van der Waals surface area (Å²) < 4.78 is 0. The van der Waals surface area contributed by atoms with Crippen molar-refractivity contribution in [2.24, 2.45) is 0 Å². The van der Waals surface area contributed by atoms with Gasteiger partial charge in [0.1, 0.15) is 0 Å². The molecule has 0 N–H and O–H groups in total. The first-order valence-corrected chi connectivity index (χ1v) is 20.6. The van der Waals surface area contributed by atoms with Crippen LogP contribution >= 0.6 is 0 Å². The molecular weight excluding hydrogens is 725 g/mol. The number of hydrogen-bond acceptors (Lipinski definition) is 2. The van der Waals surface area contributed by atoms with Crippen molar-refractivity contribution in [3.05, 3.63) is 243 Å². The molecule has 0 saturated heterocycles. The van der Waals surface area contributed by atoms with Gasteiger partial charge in [-0.25, -0.2) is 0 Å². The molecule has 0 radical (unpaired) electrons. The second kappa shape index (κ2) is 15.1. The van der Waals surface area contributed by atoms with Gasteiger partial charge in [0.2, 0.25) is 0 Å². The zero-order valence-electron chi connectivity index (χ0n) is 33.0. The minimum Gasteiger partial charge on any atom is -0.310 e. The van der Waals surface area contributed by atoms with Gasteiger partial charge in [0, 0.05) is 34.1 Å². The standard InChI is InChI=1S/C58H40N2/c1-5-19-43(20-6-1)57-53-35-33-52(60(48-27-11-4-12-28-48)50-32-30-42-18-14-16-24-46(42)38-50)40-56(53)58(44-21-7-2-8-22-44)54-36-34-51(39-55(54)57)59(47-25-9-3-10-26-47)49-31-29-41-17-13-15-23-45(41)37-49/h1-40H. The Bertz CT molecular complexity index is 3080. The van der Waals surface area contributed by atoms with E-state index in [1.807, 2.05) is 0 Å². The lowest BCUT2D eigenvalue weighted by Crippen LogP contribution is -2.10. The van der Waals surface area contributed by atoms with Crippen molar-refractivity contribution < 1.29 is 0 Å². The first kappa shape index (κ1) is 35.2. The fourth-order valence-corrected chi connectivity index (χ4v) is 8.99. The summed E-state index contributed by atoms with van der Waals surface area (Å²) >= 11 is 0. The Labute approximate surface area is 350 Å². The zero-order chi connectivity index (χ0) is 39.8. The molecule has 0 aliphatic carbocycles. The number of anilines is 6. The maximum absolute atomic E-state index is 2.41. The molecule has 0 amide bonds. The van der Waals surface area contributed by atoms with Gasteiger partial charge in [0.25, 0.3) is 0 Å². The highest BCUT2D eigenvalue weighted by Gasteiger charge is 2.22. The Kier molecular flexibility index (Phi) is 8.87. The number of nitrogens with zero attached hydrogens (tertiary/aromatic N) is 2. The first-order valence-electron chi connectivity index (χ1n) is 20.6. The summed E-state index contributed by atoms with van der Waals surface area (Å²) in [5.41, 5.74) is 11.5. The molecule has 0 aromatic heterocycles. The number of benzene rings is 11. The van der Waals surface area contributed by atoms with Crippen molar-refractivity contribution >= 4 is 77.2 Å². The summed E-state index contributed by atoms with van der Waals surface area (Å²) in [6.45, 7) is 0. The van der Waals surface area contributed by atoms with Crippen LogP contribution in [0.2, 0.25) is 0 Å². The Morgan fingerprint density at radius 1 is 0.200 bits per heavy atom. The van der Waals surface area contributed by atoms with E-state index < -0.39 is 0 Å². The fraction of sp³-hybridized carbons (Fsp3) is 0. The lowest BCUT2D eigenvalue weighted by atomic mass is 9.85. The van der Waals surface area contributed by atoms with Crippen molar-refractivity contribution in [2.75, 3.05) is 9.80 Å². The molecule has 0 heterocycles. The van der Waals surface area contributed by atoms with E-state index in [2.05, 4.69) is 252 Å². The molecule has 0 aliphatic heterocycles. The highest BCUT2D eigenvalue weighted by molar-refractivity contribution is 6.22. The number of para-hydroxylation sites is 2. The largest absolute Gasteiger partial charge is 0.310 e. The second-order valence-corrected chi connectivity index (χ2v) is 15.3. The normalized spacial score (nSPS) is 11.3. The molecule has 0 fully saturated rings. The molecule has 0 aliphatic rings. The molecular formula is C58H40N2. The monoisotopic (exact) mass is 764 g/mol. The summed E-state index contributed by atoms with van der Waals surface area (Å²) in [4.78, 5) is 4.77. The van der Waals surface area contributed by atoms with E-state index in [0.29, 0.717) is 0 Å². The average molecular weight is 765 g/mol. The van der Waals surface area contributed by atoms with Gasteiger partial charge in [-0.3, -0.25) is 0 Å². The van der Waals surface area contributed by atoms with Gasteiger partial charge in [-0.15, -0.1) is 0 Å². The van der Waals surface area contributed by atoms with Gasteiger partial charge in [0.05, 0.1) is 0 Å². The molecule has 11 aromatic rings. The SMILES string of the molecule is c1ccc(-c2c3ccc(N(c4ccccc4)c4ccc5ccccc5c4)cc3c(-c3ccccc3)c3ccc(N(c4ccccc4)c4ccc5ccccc5c4)cc23)cc1. The predicted molar refractivity (Wildman–Crippen MR) is 257 cm³/mol. The molecule has 60 heavy (non-hydrogen) atoms. The maximum Gasteiger partial charge on any atom is 0.0468 e. The van der Waals surface area contributed by atoms with Crippen LogP contribution in [0, 0.1) is 0 Å². The van der Waals surface area contributed by atoms with Crippen LogP contribution < -0.4 is 9.80 Å². The molecule has 282 valence electrons. The number of rotatable bonds is 8. The number of hydrogen-bond donors (Lipinski definition) is 0. The van der Waals surface area contributed by atoms with E-state index in [1.165, 1.54) is 65.3 Å².